The molecule has 1 N–H and O–H groups in total. The molecule has 19 heavy (non-hydrogen) atoms. The number of benzene rings is 1. The third kappa shape index (κ3) is 3.74. The summed E-state index contributed by atoms with van der Waals surface area (Å²) in [7, 11) is 0. The average molecular weight is 279 g/mol. The van der Waals surface area contributed by atoms with E-state index in [1.807, 2.05) is 23.1 Å². The summed E-state index contributed by atoms with van der Waals surface area (Å²) in [6.07, 6.45) is 3.88. The molecule has 1 heterocycles. The molecule has 0 radical (unpaired) electrons. The minimum atomic E-state index is 0.124. The standard InChI is InChI=1S/C15H21NO2S/c1-19-11-13-3-2-4-14(9-13)15(18)16-7-5-12(10-17)6-8-16/h2-4,9,12,17H,5-8,10-11H2,1H3. The quantitative estimate of drug-likeness (QED) is 0.920. The molecule has 3 nitrogen and oxygen atoms in total. The highest BCUT2D eigenvalue weighted by molar-refractivity contribution is 7.97. The maximum absolute atomic E-state index is 12.4. The number of rotatable bonds is 4. The van der Waals surface area contributed by atoms with Crippen LogP contribution in [-0.2, 0) is 5.75 Å². The fourth-order valence-electron chi connectivity index (χ4n) is 2.46. The van der Waals surface area contributed by atoms with Crippen molar-refractivity contribution < 1.29 is 9.90 Å². The molecule has 0 unspecified atom stereocenters. The molecule has 1 amide bonds. The van der Waals surface area contributed by atoms with Gasteiger partial charge in [0.25, 0.3) is 5.91 Å². The van der Waals surface area contributed by atoms with Crippen LogP contribution in [0.1, 0.15) is 28.8 Å². The summed E-state index contributed by atoms with van der Waals surface area (Å²) in [6.45, 7) is 1.76. The summed E-state index contributed by atoms with van der Waals surface area (Å²) in [5.74, 6) is 1.43. The lowest BCUT2D eigenvalue weighted by Gasteiger charge is -2.31. The van der Waals surface area contributed by atoms with Gasteiger partial charge in [-0.05, 0) is 42.7 Å². The van der Waals surface area contributed by atoms with Gasteiger partial charge in [0.15, 0.2) is 0 Å². The molecular formula is C15H21NO2S. The molecule has 1 aromatic rings. The molecular weight excluding hydrogens is 258 g/mol. The summed E-state index contributed by atoms with van der Waals surface area (Å²) in [4.78, 5) is 14.3. The van der Waals surface area contributed by atoms with Crippen LogP contribution < -0.4 is 0 Å². The predicted molar refractivity (Wildman–Crippen MR) is 79.4 cm³/mol. The summed E-state index contributed by atoms with van der Waals surface area (Å²) < 4.78 is 0. The van der Waals surface area contributed by atoms with Gasteiger partial charge in [-0.2, -0.15) is 11.8 Å². The van der Waals surface area contributed by atoms with Crippen molar-refractivity contribution in [1.29, 1.82) is 0 Å². The molecule has 1 saturated heterocycles. The van der Waals surface area contributed by atoms with Crippen LogP contribution >= 0.6 is 11.8 Å². The van der Waals surface area contributed by atoms with Gasteiger partial charge in [0, 0.05) is 31.0 Å². The van der Waals surface area contributed by atoms with Crippen LogP contribution in [0.4, 0.5) is 0 Å². The second-order valence-corrected chi connectivity index (χ2v) is 5.92. The van der Waals surface area contributed by atoms with Crippen LogP contribution in [0.3, 0.4) is 0 Å². The Morgan fingerprint density at radius 1 is 1.42 bits per heavy atom. The van der Waals surface area contributed by atoms with Gasteiger partial charge in [0.2, 0.25) is 0 Å². The Bertz CT molecular complexity index is 428. The first-order valence-corrected chi connectivity index (χ1v) is 8.12. The van der Waals surface area contributed by atoms with Crippen LogP contribution in [0.2, 0.25) is 0 Å². The Hall–Kier alpha value is -1.00. The fraction of sp³-hybridized carbons (Fsp3) is 0.533. The van der Waals surface area contributed by atoms with Crippen molar-refractivity contribution in [3.63, 3.8) is 0 Å². The highest BCUT2D eigenvalue weighted by atomic mass is 32.2. The van der Waals surface area contributed by atoms with E-state index in [0.29, 0.717) is 5.92 Å². The van der Waals surface area contributed by atoms with Gasteiger partial charge in [0.05, 0.1) is 0 Å². The average Bonchev–Trinajstić information content (AvgIpc) is 2.47. The second kappa shape index (κ2) is 6.96. The summed E-state index contributed by atoms with van der Waals surface area (Å²) in [6, 6.07) is 7.91. The highest BCUT2D eigenvalue weighted by Crippen LogP contribution is 2.19. The molecule has 0 saturated carbocycles. The van der Waals surface area contributed by atoms with Crippen molar-refractivity contribution >= 4 is 17.7 Å². The van der Waals surface area contributed by atoms with Crippen LogP contribution in [0.15, 0.2) is 24.3 Å². The topological polar surface area (TPSA) is 40.5 Å². The van der Waals surface area contributed by atoms with E-state index in [-0.39, 0.29) is 12.5 Å². The highest BCUT2D eigenvalue weighted by Gasteiger charge is 2.23. The number of hydrogen-bond donors (Lipinski definition) is 1. The normalized spacial score (nSPS) is 16.6. The summed E-state index contributed by atoms with van der Waals surface area (Å²) >= 11 is 1.76. The number of carbonyl (C=O) groups is 1. The van der Waals surface area contributed by atoms with E-state index in [1.165, 1.54) is 5.56 Å². The fourth-order valence-corrected chi connectivity index (χ4v) is 2.97. The lowest BCUT2D eigenvalue weighted by molar-refractivity contribution is 0.0651. The van der Waals surface area contributed by atoms with Crippen molar-refractivity contribution in [3.8, 4) is 0 Å². The zero-order chi connectivity index (χ0) is 13.7. The second-order valence-electron chi connectivity index (χ2n) is 5.05. The summed E-state index contributed by atoms with van der Waals surface area (Å²) in [5, 5.41) is 9.12. The Labute approximate surface area is 119 Å². The van der Waals surface area contributed by atoms with E-state index >= 15 is 0 Å². The number of thioether (sulfide) groups is 1. The van der Waals surface area contributed by atoms with E-state index in [4.69, 9.17) is 5.11 Å². The molecule has 4 heteroatoms. The van der Waals surface area contributed by atoms with Crippen molar-refractivity contribution in [2.24, 2.45) is 5.92 Å². The molecule has 1 fully saturated rings. The van der Waals surface area contributed by atoms with Gasteiger partial charge in [0.1, 0.15) is 0 Å². The molecule has 1 aliphatic rings. The lowest BCUT2D eigenvalue weighted by Crippen LogP contribution is -2.39. The first-order valence-electron chi connectivity index (χ1n) is 6.72. The van der Waals surface area contributed by atoms with Crippen LogP contribution in [-0.4, -0.2) is 41.9 Å². The van der Waals surface area contributed by atoms with E-state index in [1.54, 1.807) is 11.8 Å². The molecule has 104 valence electrons. The molecule has 0 bridgehead atoms. The van der Waals surface area contributed by atoms with Crippen LogP contribution in [0, 0.1) is 5.92 Å². The maximum Gasteiger partial charge on any atom is 0.253 e. The number of likely N-dealkylation sites (tertiary alicyclic amines) is 1. The predicted octanol–water partition coefficient (Wildman–Crippen LogP) is 2.39. The van der Waals surface area contributed by atoms with Crippen molar-refractivity contribution in [1.82, 2.24) is 4.90 Å². The van der Waals surface area contributed by atoms with Gasteiger partial charge in [-0.3, -0.25) is 4.79 Å². The van der Waals surface area contributed by atoms with Crippen LogP contribution in [0.25, 0.3) is 0 Å². The molecule has 0 aromatic heterocycles. The molecule has 0 atom stereocenters. The zero-order valence-electron chi connectivity index (χ0n) is 11.3. The van der Waals surface area contributed by atoms with Gasteiger partial charge < -0.3 is 10.0 Å². The van der Waals surface area contributed by atoms with Crippen molar-refractivity contribution in [2.75, 3.05) is 26.0 Å². The smallest absolute Gasteiger partial charge is 0.253 e. The summed E-state index contributed by atoms with van der Waals surface area (Å²) in [5.41, 5.74) is 1.98. The number of carbonyl (C=O) groups excluding carboxylic acids is 1. The third-order valence-electron chi connectivity index (χ3n) is 3.64. The number of nitrogens with zero attached hydrogens (tertiary/aromatic N) is 1. The van der Waals surface area contributed by atoms with E-state index in [2.05, 4.69) is 12.3 Å². The number of hydrogen-bond acceptors (Lipinski definition) is 3. The first-order chi connectivity index (χ1) is 9.24. The molecule has 1 aliphatic heterocycles. The number of aliphatic hydroxyl groups is 1. The number of aliphatic hydroxyl groups excluding tert-OH is 1. The zero-order valence-corrected chi connectivity index (χ0v) is 12.2. The van der Waals surface area contributed by atoms with E-state index < -0.39 is 0 Å². The van der Waals surface area contributed by atoms with Crippen molar-refractivity contribution in [3.05, 3.63) is 35.4 Å². The number of amides is 1. The minimum Gasteiger partial charge on any atom is -0.396 e. The number of piperidine rings is 1. The Morgan fingerprint density at radius 2 is 2.16 bits per heavy atom. The maximum atomic E-state index is 12.4. The first kappa shape index (κ1) is 14.4. The third-order valence-corrected chi connectivity index (χ3v) is 4.27. The largest absolute Gasteiger partial charge is 0.396 e. The Kier molecular flexibility index (Phi) is 5.28. The molecule has 0 spiro atoms. The van der Waals surface area contributed by atoms with Gasteiger partial charge >= 0.3 is 0 Å². The van der Waals surface area contributed by atoms with Gasteiger partial charge in [-0.25, -0.2) is 0 Å². The molecule has 0 aliphatic carbocycles. The Morgan fingerprint density at radius 3 is 2.79 bits per heavy atom. The van der Waals surface area contributed by atoms with E-state index in [9.17, 15) is 4.79 Å². The SMILES string of the molecule is CSCc1cccc(C(=O)N2CCC(CO)CC2)c1. The van der Waals surface area contributed by atoms with Crippen molar-refractivity contribution in [2.45, 2.75) is 18.6 Å². The van der Waals surface area contributed by atoms with E-state index in [0.717, 1.165) is 37.2 Å². The lowest BCUT2D eigenvalue weighted by atomic mass is 9.97. The van der Waals surface area contributed by atoms with Gasteiger partial charge in [-0.1, -0.05) is 12.1 Å². The monoisotopic (exact) mass is 279 g/mol. The molecule has 1 aromatic carbocycles. The van der Waals surface area contributed by atoms with Crippen LogP contribution in [0.5, 0.6) is 0 Å². The molecule has 2 rings (SSSR count). The minimum absolute atomic E-state index is 0.124. The van der Waals surface area contributed by atoms with Gasteiger partial charge in [-0.15, -0.1) is 0 Å². The Balaban J connectivity index is 2.01.